The van der Waals surface area contributed by atoms with E-state index in [1.807, 2.05) is 24.7 Å². The molecule has 24 heavy (non-hydrogen) atoms. The molecule has 3 rings (SSSR count). The molecular formula is C15H23N5O3S. The van der Waals surface area contributed by atoms with Crippen LogP contribution in [0.4, 0.5) is 0 Å². The molecule has 1 aliphatic rings. The largest absolute Gasteiger partial charge is 0.373 e. The van der Waals surface area contributed by atoms with Gasteiger partial charge in [-0.15, -0.1) is 0 Å². The van der Waals surface area contributed by atoms with Gasteiger partial charge in [0.15, 0.2) is 5.03 Å². The van der Waals surface area contributed by atoms with Gasteiger partial charge in [-0.1, -0.05) is 0 Å². The second-order valence-electron chi connectivity index (χ2n) is 5.81. The molecule has 1 saturated heterocycles. The number of ether oxygens (including phenoxy) is 1. The molecular weight excluding hydrogens is 330 g/mol. The highest BCUT2D eigenvalue weighted by Gasteiger charge is 2.32. The molecule has 0 spiro atoms. The molecule has 1 aliphatic heterocycles. The summed E-state index contributed by atoms with van der Waals surface area (Å²) in [6.07, 6.45) is 5.96. The van der Waals surface area contributed by atoms with Gasteiger partial charge in [0.1, 0.15) is 0 Å². The maximum absolute atomic E-state index is 12.5. The highest BCUT2D eigenvalue weighted by molar-refractivity contribution is 7.89. The van der Waals surface area contributed by atoms with Gasteiger partial charge in [0.05, 0.1) is 18.5 Å². The third-order valence-electron chi connectivity index (χ3n) is 4.31. The van der Waals surface area contributed by atoms with Gasteiger partial charge in [-0.25, -0.2) is 13.1 Å². The van der Waals surface area contributed by atoms with Crippen molar-refractivity contribution in [2.45, 2.75) is 44.5 Å². The zero-order valence-corrected chi connectivity index (χ0v) is 14.7. The summed E-state index contributed by atoms with van der Waals surface area (Å²) < 4.78 is 36.8. The zero-order chi connectivity index (χ0) is 17.2. The normalized spacial score (nSPS) is 21.4. The lowest BCUT2D eigenvalue weighted by Gasteiger charge is -2.18. The monoisotopic (exact) mass is 353 g/mol. The van der Waals surface area contributed by atoms with Crippen LogP contribution in [0.2, 0.25) is 0 Å². The molecule has 2 atom stereocenters. The van der Waals surface area contributed by atoms with Crippen LogP contribution in [0.3, 0.4) is 0 Å². The minimum absolute atomic E-state index is 0.0901. The molecule has 0 aliphatic carbocycles. The fourth-order valence-electron chi connectivity index (χ4n) is 2.99. The van der Waals surface area contributed by atoms with E-state index in [1.54, 1.807) is 6.20 Å². The summed E-state index contributed by atoms with van der Waals surface area (Å²) >= 11 is 0. The van der Waals surface area contributed by atoms with Crippen molar-refractivity contribution >= 4 is 10.0 Å². The van der Waals surface area contributed by atoms with E-state index in [0.717, 1.165) is 18.5 Å². The average Bonchev–Trinajstić information content (AvgIpc) is 3.31. The van der Waals surface area contributed by atoms with Crippen molar-refractivity contribution in [3.8, 4) is 0 Å². The number of sulfonamides is 1. The van der Waals surface area contributed by atoms with Gasteiger partial charge in [0.25, 0.3) is 10.0 Å². The Morgan fingerprint density at radius 3 is 2.88 bits per heavy atom. The van der Waals surface area contributed by atoms with E-state index in [-0.39, 0.29) is 17.0 Å². The second-order valence-corrected chi connectivity index (χ2v) is 7.52. The predicted octanol–water partition coefficient (Wildman–Crippen LogP) is 1.18. The SMILES string of the molecule is CCn1cc([C@@H]2OCC[C@H]2CNS(=O)(=O)c2ccnn2CC)cn1. The molecule has 8 nitrogen and oxygen atoms in total. The van der Waals surface area contributed by atoms with Gasteiger partial charge in [-0.05, 0) is 26.3 Å². The highest BCUT2D eigenvalue weighted by atomic mass is 32.2. The number of hydrogen-bond acceptors (Lipinski definition) is 5. The highest BCUT2D eigenvalue weighted by Crippen LogP contribution is 2.34. The number of nitrogens with one attached hydrogen (secondary N) is 1. The van der Waals surface area contributed by atoms with Gasteiger partial charge in [0.2, 0.25) is 0 Å². The number of hydrogen-bond donors (Lipinski definition) is 1. The van der Waals surface area contributed by atoms with Crippen LogP contribution in [0, 0.1) is 5.92 Å². The predicted molar refractivity (Wildman–Crippen MR) is 87.8 cm³/mol. The van der Waals surface area contributed by atoms with Crippen molar-refractivity contribution in [2.24, 2.45) is 5.92 Å². The van der Waals surface area contributed by atoms with E-state index < -0.39 is 10.0 Å². The molecule has 3 heterocycles. The molecule has 0 radical (unpaired) electrons. The summed E-state index contributed by atoms with van der Waals surface area (Å²) in [5, 5.41) is 8.48. The first-order valence-electron chi connectivity index (χ1n) is 8.20. The summed E-state index contributed by atoms with van der Waals surface area (Å²) in [5.74, 6) is 0.0901. The van der Waals surface area contributed by atoms with Crippen molar-refractivity contribution in [2.75, 3.05) is 13.2 Å². The van der Waals surface area contributed by atoms with Crippen molar-refractivity contribution in [3.63, 3.8) is 0 Å². The minimum atomic E-state index is -3.58. The molecule has 0 bridgehead atoms. The Morgan fingerprint density at radius 1 is 1.33 bits per heavy atom. The van der Waals surface area contributed by atoms with Crippen LogP contribution in [0.5, 0.6) is 0 Å². The second kappa shape index (κ2) is 7.04. The molecule has 132 valence electrons. The van der Waals surface area contributed by atoms with Crippen molar-refractivity contribution in [3.05, 3.63) is 30.2 Å². The maximum atomic E-state index is 12.5. The number of rotatable bonds is 7. The Morgan fingerprint density at radius 2 is 2.17 bits per heavy atom. The topological polar surface area (TPSA) is 91.0 Å². The van der Waals surface area contributed by atoms with Gasteiger partial charge >= 0.3 is 0 Å². The smallest absolute Gasteiger partial charge is 0.257 e. The lowest BCUT2D eigenvalue weighted by Crippen LogP contribution is -2.32. The van der Waals surface area contributed by atoms with Gasteiger partial charge < -0.3 is 4.74 Å². The van der Waals surface area contributed by atoms with Crippen LogP contribution >= 0.6 is 0 Å². The molecule has 9 heteroatoms. The van der Waals surface area contributed by atoms with Crippen molar-refractivity contribution in [1.82, 2.24) is 24.3 Å². The molecule has 2 aromatic rings. The molecule has 0 amide bonds. The zero-order valence-electron chi connectivity index (χ0n) is 13.9. The first kappa shape index (κ1) is 17.1. The van der Waals surface area contributed by atoms with Crippen molar-refractivity contribution in [1.29, 1.82) is 0 Å². The standard InChI is InChI=1S/C15H23N5O3S/c1-3-19-11-13(9-17-19)15-12(6-8-23-15)10-18-24(21,22)14-5-7-16-20(14)4-2/h5,7,9,11-12,15,18H,3-4,6,8,10H2,1-2H3/t12-,15+/m0/s1. The molecule has 0 unspecified atom stereocenters. The quantitative estimate of drug-likeness (QED) is 0.807. The van der Waals surface area contributed by atoms with E-state index in [9.17, 15) is 8.42 Å². The third kappa shape index (κ3) is 3.38. The Bertz CT molecular complexity index is 783. The van der Waals surface area contributed by atoms with Crippen molar-refractivity contribution < 1.29 is 13.2 Å². The van der Waals surface area contributed by atoms with Crippen LogP contribution in [0.1, 0.15) is 31.9 Å². The first-order chi connectivity index (χ1) is 11.5. The van der Waals surface area contributed by atoms with Crippen LogP contribution in [-0.2, 0) is 27.8 Å². The lowest BCUT2D eigenvalue weighted by atomic mass is 9.98. The Kier molecular flexibility index (Phi) is 5.02. The maximum Gasteiger partial charge on any atom is 0.257 e. The number of aryl methyl sites for hydroxylation is 2. The summed E-state index contributed by atoms with van der Waals surface area (Å²) in [6.45, 7) is 6.15. The summed E-state index contributed by atoms with van der Waals surface area (Å²) in [5.41, 5.74) is 0.997. The van der Waals surface area contributed by atoms with E-state index in [0.29, 0.717) is 19.7 Å². The molecule has 0 aromatic carbocycles. The molecule has 1 N–H and O–H groups in total. The van der Waals surface area contributed by atoms with Crippen LogP contribution in [-0.4, -0.2) is 41.1 Å². The lowest BCUT2D eigenvalue weighted by molar-refractivity contribution is 0.0916. The van der Waals surface area contributed by atoms with Crippen LogP contribution in [0.25, 0.3) is 0 Å². The molecule has 2 aromatic heterocycles. The summed E-state index contributed by atoms with van der Waals surface area (Å²) in [4.78, 5) is 0. The molecule has 0 saturated carbocycles. The third-order valence-corrected chi connectivity index (χ3v) is 5.75. The van der Waals surface area contributed by atoms with Gasteiger partial charge in [0, 0.05) is 43.9 Å². The first-order valence-corrected chi connectivity index (χ1v) is 9.69. The number of nitrogens with zero attached hydrogens (tertiary/aromatic N) is 4. The summed E-state index contributed by atoms with van der Waals surface area (Å²) in [7, 11) is -3.58. The molecule has 1 fully saturated rings. The van der Waals surface area contributed by atoms with E-state index in [1.165, 1.54) is 16.9 Å². The Labute approximate surface area is 141 Å². The van der Waals surface area contributed by atoms with E-state index in [4.69, 9.17) is 4.74 Å². The minimum Gasteiger partial charge on any atom is -0.373 e. The fraction of sp³-hybridized carbons (Fsp3) is 0.600. The van der Waals surface area contributed by atoms with Gasteiger partial charge in [-0.3, -0.25) is 9.36 Å². The van der Waals surface area contributed by atoms with E-state index >= 15 is 0 Å². The van der Waals surface area contributed by atoms with Crippen LogP contribution in [0.15, 0.2) is 29.7 Å². The van der Waals surface area contributed by atoms with Gasteiger partial charge in [-0.2, -0.15) is 10.2 Å². The number of aromatic nitrogens is 4. The Hall–Kier alpha value is -1.71. The fourth-order valence-corrected chi connectivity index (χ4v) is 4.26. The average molecular weight is 353 g/mol. The summed E-state index contributed by atoms with van der Waals surface area (Å²) in [6, 6.07) is 1.51. The Balaban J connectivity index is 1.69. The van der Waals surface area contributed by atoms with E-state index in [2.05, 4.69) is 14.9 Å². The van der Waals surface area contributed by atoms with Crippen LogP contribution < -0.4 is 4.72 Å².